The number of nitrogens with zero attached hydrogens (tertiary/aromatic N) is 1. The van der Waals surface area contributed by atoms with Gasteiger partial charge in [0.05, 0.1) is 13.4 Å². The maximum absolute atomic E-state index is 12.2. The van der Waals surface area contributed by atoms with E-state index < -0.39 is 10.0 Å². The number of carbonyl (C=O) groups is 1. The van der Waals surface area contributed by atoms with E-state index >= 15 is 0 Å². The van der Waals surface area contributed by atoms with Crippen LogP contribution in [0.25, 0.3) is 0 Å². The summed E-state index contributed by atoms with van der Waals surface area (Å²) in [6.07, 6.45) is 8.84. The summed E-state index contributed by atoms with van der Waals surface area (Å²) in [5, 5.41) is 2.83. The zero-order valence-electron chi connectivity index (χ0n) is 16.2. The van der Waals surface area contributed by atoms with Crippen molar-refractivity contribution in [1.82, 2.24) is 9.62 Å². The van der Waals surface area contributed by atoms with Gasteiger partial charge in [-0.3, -0.25) is 4.79 Å². The van der Waals surface area contributed by atoms with E-state index in [9.17, 15) is 13.2 Å². The van der Waals surface area contributed by atoms with Crippen LogP contribution in [0.4, 0.5) is 0 Å². The Bertz CT molecular complexity index is 759. The van der Waals surface area contributed by atoms with Crippen LogP contribution in [-0.4, -0.2) is 45.1 Å². The summed E-state index contributed by atoms with van der Waals surface area (Å²) in [5.74, 6) is 0.544. The molecule has 1 aromatic carbocycles. The number of allylic oxidation sites excluding steroid dienone is 1. The third-order valence-corrected chi connectivity index (χ3v) is 6.10. The maximum Gasteiger partial charge on any atom is 0.221 e. The molecular weight excluding hydrogens is 364 g/mol. The first kappa shape index (κ1) is 21.4. The molecule has 0 saturated heterocycles. The molecule has 1 aliphatic rings. The molecule has 1 aromatic rings. The molecule has 0 spiro atoms. The fourth-order valence-corrected chi connectivity index (χ4v) is 4.05. The third kappa shape index (κ3) is 7.34. The Morgan fingerprint density at radius 1 is 1.22 bits per heavy atom. The fraction of sp³-hybridized carbons (Fsp3) is 0.550. The summed E-state index contributed by atoms with van der Waals surface area (Å²) in [6.45, 7) is 0.989. The lowest BCUT2D eigenvalue weighted by atomic mass is 9.97. The molecule has 7 heteroatoms. The Balaban J connectivity index is 1.82. The minimum absolute atomic E-state index is 0.140. The van der Waals surface area contributed by atoms with E-state index in [4.69, 9.17) is 4.74 Å². The number of hydrogen-bond acceptors (Lipinski definition) is 4. The van der Waals surface area contributed by atoms with Gasteiger partial charge < -0.3 is 10.1 Å². The highest BCUT2D eigenvalue weighted by atomic mass is 32.2. The van der Waals surface area contributed by atoms with Crippen LogP contribution in [0, 0.1) is 0 Å². The second-order valence-electron chi connectivity index (χ2n) is 6.86. The van der Waals surface area contributed by atoms with Crippen molar-refractivity contribution in [3.63, 3.8) is 0 Å². The van der Waals surface area contributed by atoms with Gasteiger partial charge in [-0.1, -0.05) is 29.8 Å². The van der Waals surface area contributed by atoms with Gasteiger partial charge in [-0.15, -0.1) is 0 Å². The van der Waals surface area contributed by atoms with E-state index in [1.54, 1.807) is 7.11 Å². The number of benzene rings is 1. The van der Waals surface area contributed by atoms with Crippen molar-refractivity contribution >= 4 is 15.9 Å². The van der Waals surface area contributed by atoms with Gasteiger partial charge in [0.25, 0.3) is 0 Å². The van der Waals surface area contributed by atoms with Gasteiger partial charge in [-0.25, -0.2) is 12.7 Å². The SMILES string of the molecule is COc1ccccc1CNC(=O)CCN(CCC1=CCCCC1)S(C)(=O)=O. The lowest BCUT2D eigenvalue weighted by molar-refractivity contribution is -0.121. The first-order valence-corrected chi connectivity index (χ1v) is 11.3. The van der Waals surface area contributed by atoms with Crippen molar-refractivity contribution in [3.05, 3.63) is 41.5 Å². The van der Waals surface area contributed by atoms with Crippen LogP contribution >= 0.6 is 0 Å². The number of nitrogens with one attached hydrogen (secondary N) is 1. The van der Waals surface area contributed by atoms with Gasteiger partial charge in [0.15, 0.2) is 0 Å². The number of methoxy groups -OCH3 is 1. The van der Waals surface area contributed by atoms with Gasteiger partial charge >= 0.3 is 0 Å². The highest BCUT2D eigenvalue weighted by Crippen LogP contribution is 2.21. The average molecular weight is 395 g/mol. The normalized spacial score (nSPS) is 14.7. The molecule has 0 radical (unpaired) electrons. The summed E-state index contributed by atoms with van der Waals surface area (Å²) in [4.78, 5) is 12.2. The van der Waals surface area contributed by atoms with Gasteiger partial charge in [0.2, 0.25) is 15.9 Å². The Kier molecular flexibility index (Phi) is 8.31. The van der Waals surface area contributed by atoms with Gasteiger partial charge in [0, 0.05) is 31.6 Å². The molecule has 0 unspecified atom stereocenters. The van der Waals surface area contributed by atoms with E-state index in [0.717, 1.165) is 30.6 Å². The predicted molar refractivity (Wildman–Crippen MR) is 107 cm³/mol. The average Bonchev–Trinajstić information content (AvgIpc) is 2.66. The Morgan fingerprint density at radius 2 is 2.00 bits per heavy atom. The zero-order valence-corrected chi connectivity index (χ0v) is 17.1. The molecule has 0 atom stereocenters. The standard InChI is InChI=1S/C20H30N2O4S/c1-26-19-11-7-6-10-18(19)16-21-20(23)13-15-22(27(2,24)25)14-12-17-8-4-3-5-9-17/h6-8,10-11H,3-5,9,12-16H2,1-2H3,(H,21,23). The second kappa shape index (κ2) is 10.5. The number of amides is 1. The number of rotatable bonds is 10. The van der Waals surface area contributed by atoms with Crippen molar-refractivity contribution in [1.29, 1.82) is 0 Å². The largest absolute Gasteiger partial charge is 0.496 e. The van der Waals surface area contributed by atoms with Crippen LogP contribution in [0.2, 0.25) is 0 Å². The van der Waals surface area contributed by atoms with E-state index in [-0.39, 0.29) is 18.9 Å². The monoisotopic (exact) mass is 394 g/mol. The van der Waals surface area contributed by atoms with Crippen LogP contribution in [0.15, 0.2) is 35.9 Å². The van der Waals surface area contributed by atoms with Crippen molar-refractivity contribution in [3.8, 4) is 5.75 Å². The minimum atomic E-state index is -3.33. The van der Waals surface area contributed by atoms with Crippen LogP contribution in [0.5, 0.6) is 5.75 Å². The van der Waals surface area contributed by atoms with Crippen molar-refractivity contribution in [2.45, 2.75) is 45.1 Å². The van der Waals surface area contributed by atoms with Crippen molar-refractivity contribution in [2.24, 2.45) is 0 Å². The van der Waals surface area contributed by atoms with Gasteiger partial charge in [0.1, 0.15) is 5.75 Å². The highest BCUT2D eigenvalue weighted by molar-refractivity contribution is 7.88. The molecule has 27 heavy (non-hydrogen) atoms. The van der Waals surface area contributed by atoms with Crippen LogP contribution < -0.4 is 10.1 Å². The minimum Gasteiger partial charge on any atom is -0.496 e. The van der Waals surface area contributed by atoms with Crippen molar-refractivity contribution in [2.75, 3.05) is 26.5 Å². The lowest BCUT2D eigenvalue weighted by Gasteiger charge is -2.21. The second-order valence-corrected chi connectivity index (χ2v) is 8.84. The molecule has 150 valence electrons. The first-order valence-electron chi connectivity index (χ1n) is 9.42. The Hall–Kier alpha value is -1.86. The molecule has 1 amide bonds. The summed E-state index contributed by atoms with van der Waals surface area (Å²) in [5.41, 5.74) is 2.22. The highest BCUT2D eigenvalue weighted by Gasteiger charge is 2.18. The smallest absolute Gasteiger partial charge is 0.221 e. The molecule has 0 aromatic heterocycles. The van der Waals surface area contributed by atoms with Crippen LogP contribution in [-0.2, 0) is 21.4 Å². The number of sulfonamides is 1. The zero-order chi connectivity index (χ0) is 19.7. The molecule has 0 saturated carbocycles. The fourth-order valence-electron chi connectivity index (χ4n) is 3.20. The van der Waals surface area contributed by atoms with Crippen molar-refractivity contribution < 1.29 is 17.9 Å². The summed E-state index contributed by atoms with van der Waals surface area (Å²) in [7, 11) is -1.74. The third-order valence-electron chi connectivity index (χ3n) is 4.79. The van der Waals surface area contributed by atoms with Crippen LogP contribution in [0.1, 0.15) is 44.1 Å². The molecule has 0 aliphatic heterocycles. The van der Waals surface area contributed by atoms with Gasteiger partial charge in [-0.2, -0.15) is 0 Å². The van der Waals surface area contributed by atoms with E-state index in [1.807, 2.05) is 24.3 Å². The summed E-state index contributed by atoms with van der Waals surface area (Å²) >= 11 is 0. The van der Waals surface area contributed by atoms with Gasteiger partial charge in [-0.05, 0) is 38.2 Å². The number of para-hydroxylation sites is 1. The lowest BCUT2D eigenvalue weighted by Crippen LogP contribution is -2.35. The maximum atomic E-state index is 12.2. The molecule has 1 aliphatic carbocycles. The molecule has 0 fully saturated rings. The number of ether oxygens (including phenoxy) is 1. The first-order chi connectivity index (χ1) is 12.9. The molecule has 1 N–H and O–H groups in total. The summed E-state index contributed by atoms with van der Waals surface area (Å²) < 4.78 is 30.7. The van der Waals surface area contributed by atoms with E-state index in [0.29, 0.717) is 13.1 Å². The predicted octanol–water partition coefficient (Wildman–Crippen LogP) is 2.85. The molecule has 0 bridgehead atoms. The van der Waals surface area contributed by atoms with Crippen LogP contribution in [0.3, 0.4) is 0 Å². The molecule has 6 nitrogen and oxygen atoms in total. The number of carbonyl (C=O) groups excluding carboxylic acids is 1. The topological polar surface area (TPSA) is 75.7 Å². The summed E-state index contributed by atoms with van der Waals surface area (Å²) in [6, 6.07) is 7.48. The molecule has 2 rings (SSSR count). The molecule has 0 heterocycles. The number of hydrogen-bond donors (Lipinski definition) is 1. The quantitative estimate of drug-likeness (QED) is 0.619. The van der Waals surface area contributed by atoms with E-state index in [2.05, 4.69) is 11.4 Å². The van der Waals surface area contributed by atoms with E-state index in [1.165, 1.54) is 29.0 Å². The Labute approximate surface area is 162 Å². The Morgan fingerprint density at radius 3 is 2.67 bits per heavy atom. The molecular formula is C20H30N2O4S.